The Bertz CT molecular complexity index is 844. The number of nitrogens with zero attached hydrogens (tertiary/aromatic N) is 3. The topological polar surface area (TPSA) is 47.4 Å². The summed E-state index contributed by atoms with van der Waals surface area (Å²) < 4.78 is 21.2. The second-order valence-electron chi connectivity index (χ2n) is 7.75. The predicted molar refractivity (Wildman–Crippen MR) is 101 cm³/mol. The normalized spacial score (nSPS) is 20.0. The van der Waals surface area contributed by atoms with E-state index in [0.717, 1.165) is 13.0 Å². The highest BCUT2D eigenvalue weighted by Crippen LogP contribution is 2.36. The van der Waals surface area contributed by atoms with Crippen molar-refractivity contribution in [2.45, 2.75) is 45.1 Å². The van der Waals surface area contributed by atoms with Gasteiger partial charge < -0.3 is 14.2 Å². The number of likely N-dealkylation sites (tertiary alicyclic amines) is 1. The maximum Gasteiger partial charge on any atom is 0.253 e. The highest BCUT2D eigenvalue weighted by molar-refractivity contribution is 5.94. The van der Waals surface area contributed by atoms with Crippen molar-refractivity contribution in [1.29, 1.82) is 0 Å². The Hall–Kier alpha value is -2.37. The van der Waals surface area contributed by atoms with Crippen LogP contribution in [-0.4, -0.2) is 40.6 Å². The highest BCUT2D eigenvalue weighted by Gasteiger charge is 2.30. The zero-order valence-electron chi connectivity index (χ0n) is 15.9. The Morgan fingerprint density at radius 3 is 2.81 bits per heavy atom. The first-order chi connectivity index (χ1) is 13.1. The van der Waals surface area contributed by atoms with Gasteiger partial charge in [-0.2, -0.15) is 0 Å². The largest absolute Gasteiger partial charge is 0.494 e. The van der Waals surface area contributed by atoms with Crippen molar-refractivity contribution in [2.24, 2.45) is 5.92 Å². The van der Waals surface area contributed by atoms with Crippen LogP contribution in [0.3, 0.4) is 0 Å². The van der Waals surface area contributed by atoms with Gasteiger partial charge in [0.1, 0.15) is 5.82 Å². The number of rotatable bonds is 5. The van der Waals surface area contributed by atoms with Crippen molar-refractivity contribution in [3.8, 4) is 5.75 Å². The van der Waals surface area contributed by atoms with Crippen molar-refractivity contribution in [1.82, 2.24) is 14.5 Å². The molecule has 5 nitrogen and oxygen atoms in total. The molecular weight excluding hydrogens is 345 g/mol. The van der Waals surface area contributed by atoms with Gasteiger partial charge in [-0.25, -0.2) is 9.37 Å². The van der Waals surface area contributed by atoms with Crippen LogP contribution in [0.2, 0.25) is 0 Å². The molecule has 1 saturated heterocycles. The van der Waals surface area contributed by atoms with Gasteiger partial charge in [-0.05, 0) is 50.3 Å². The van der Waals surface area contributed by atoms with E-state index >= 15 is 0 Å². The van der Waals surface area contributed by atoms with E-state index in [4.69, 9.17) is 4.74 Å². The Morgan fingerprint density at radius 2 is 2.15 bits per heavy atom. The van der Waals surface area contributed by atoms with Crippen LogP contribution in [0.4, 0.5) is 4.39 Å². The molecule has 0 radical (unpaired) electrons. The van der Waals surface area contributed by atoms with Crippen molar-refractivity contribution < 1.29 is 13.9 Å². The number of benzene rings is 1. The lowest BCUT2D eigenvalue weighted by atomic mass is 9.84. The lowest BCUT2D eigenvalue weighted by molar-refractivity contribution is 0.0785. The van der Waals surface area contributed by atoms with Crippen molar-refractivity contribution >= 4 is 5.91 Å². The van der Waals surface area contributed by atoms with Crippen LogP contribution >= 0.6 is 0 Å². The molecule has 1 aromatic heterocycles. The molecule has 2 heterocycles. The summed E-state index contributed by atoms with van der Waals surface area (Å²) in [5.41, 5.74) is 1.57. The van der Waals surface area contributed by atoms with E-state index in [1.165, 1.54) is 50.0 Å². The third kappa shape index (κ3) is 3.45. The molecule has 2 aliphatic rings. The maximum absolute atomic E-state index is 13.9. The van der Waals surface area contributed by atoms with E-state index in [1.807, 2.05) is 11.1 Å². The summed E-state index contributed by atoms with van der Waals surface area (Å²) in [5.74, 6) is 1.76. The number of amides is 1. The molecule has 6 heteroatoms. The van der Waals surface area contributed by atoms with E-state index in [2.05, 4.69) is 16.5 Å². The minimum Gasteiger partial charge on any atom is -0.494 e. The maximum atomic E-state index is 13.9. The number of halogens is 1. The van der Waals surface area contributed by atoms with Crippen molar-refractivity contribution in [3.05, 3.63) is 47.3 Å². The van der Waals surface area contributed by atoms with E-state index in [-0.39, 0.29) is 11.7 Å². The number of hydrogen-bond donors (Lipinski definition) is 0. The molecule has 1 atom stereocenters. The van der Waals surface area contributed by atoms with E-state index in [0.29, 0.717) is 30.5 Å². The van der Waals surface area contributed by atoms with Crippen molar-refractivity contribution in [3.63, 3.8) is 0 Å². The smallest absolute Gasteiger partial charge is 0.253 e. The number of aryl methyl sites for hydroxylation is 1. The van der Waals surface area contributed by atoms with Crippen molar-refractivity contribution in [2.75, 3.05) is 20.2 Å². The minimum atomic E-state index is -0.502. The summed E-state index contributed by atoms with van der Waals surface area (Å²) >= 11 is 0. The van der Waals surface area contributed by atoms with Gasteiger partial charge in [0.15, 0.2) is 11.6 Å². The molecule has 1 amide bonds. The van der Waals surface area contributed by atoms with E-state index in [9.17, 15) is 9.18 Å². The predicted octanol–water partition coefficient (Wildman–Crippen LogP) is 3.77. The molecule has 1 saturated carbocycles. The minimum absolute atomic E-state index is 0.111. The van der Waals surface area contributed by atoms with E-state index < -0.39 is 5.82 Å². The monoisotopic (exact) mass is 371 g/mol. The Labute approximate surface area is 159 Å². The highest BCUT2D eigenvalue weighted by atomic mass is 19.1. The molecule has 2 aromatic rings. The average molecular weight is 371 g/mol. The molecule has 0 bridgehead atoms. The molecule has 1 aliphatic carbocycles. The summed E-state index contributed by atoms with van der Waals surface area (Å²) in [7, 11) is 1.42. The summed E-state index contributed by atoms with van der Waals surface area (Å²) in [6.07, 6.45) is 6.68. The number of ether oxygens (including phenoxy) is 1. The zero-order valence-corrected chi connectivity index (χ0v) is 15.9. The van der Waals surface area contributed by atoms with Crippen LogP contribution in [0.15, 0.2) is 24.4 Å². The SMILES string of the molecule is COc1ccc(C(=O)N2CCC(Cn3c(C)cnc3C3CCC3)C2)cc1F. The summed E-state index contributed by atoms with van der Waals surface area (Å²) in [5, 5.41) is 0. The van der Waals surface area contributed by atoms with Crippen LogP contribution in [0, 0.1) is 18.7 Å². The number of imidazole rings is 1. The Morgan fingerprint density at radius 1 is 1.33 bits per heavy atom. The van der Waals surface area contributed by atoms with Crippen LogP contribution in [0.5, 0.6) is 5.75 Å². The number of carbonyl (C=O) groups is 1. The summed E-state index contributed by atoms with van der Waals surface area (Å²) in [6.45, 7) is 4.42. The molecule has 0 spiro atoms. The standard InChI is InChI=1S/C21H26FN3O2/c1-14-11-23-20(16-4-3-5-16)25(14)13-15-8-9-24(12-15)21(26)17-6-7-19(27-2)18(22)10-17/h6-7,10-11,15-16H,3-5,8-9,12-13H2,1-2H3. The molecule has 1 aliphatic heterocycles. The number of hydrogen-bond acceptors (Lipinski definition) is 3. The van der Waals surface area contributed by atoms with Gasteiger partial charge in [0.25, 0.3) is 5.91 Å². The quantitative estimate of drug-likeness (QED) is 0.804. The average Bonchev–Trinajstić information content (AvgIpc) is 3.22. The molecule has 144 valence electrons. The Kier molecular flexibility index (Phi) is 4.89. The molecule has 2 fully saturated rings. The molecule has 27 heavy (non-hydrogen) atoms. The third-order valence-corrected chi connectivity index (χ3v) is 5.97. The number of aromatic nitrogens is 2. The van der Waals surface area contributed by atoms with Gasteiger partial charge in [-0.1, -0.05) is 6.42 Å². The number of methoxy groups -OCH3 is 1. The zero-order chi connectivity index (χ0) is 19.0. The third-order valence-electron chi connectivity index (χ3n) is 5.97. The second kappa shape index (κ2) is 7.33. The van der Waals surface area contributed by atoms with Crippen LogP contribution in [-0.2, 0) is 6.54 Å². The Balaban J connectivity index is 1.42. The van der Waals surface area contributed by atoms with Gasteiger partial charge in [0.2, 0.25) is 0 Å². The molecule has 0 N–H and O–H groups in total. The first-order valence-corrected chi connectivity index (χ1v) is 9.71. The molecule has 1 unspecified atom stereocenters. The first-order valence-electron chi connectivity index (χ1n) is 9.71. The van der Waals surface area contributed by atoms with Gasteiger partial charge in [-0.15, -0.1) is 0 Å². The van der Waals surface area contributed by atoms with Gasteiger partial charge >= 0.3 is 0 Å². The molecule has 4 rings (SSSR count). The fourth-order valence-corrected chi connectivity index (χ4v) is 4.12. The van der Waals surface area contributed by atoms with E-state index in [1.54, 1.807) is 6.07 Å². The van der Waals surface area contributed by atoms with Crippen LogP contribution in [0.25, 0.3) is 0 Å². The summed E-state index contributed by atoms with van der Waals surface area (Å²) in [6, 6.07) is 4.41. The molecule has 1 aromatic carbocycles. The second-order valence-corrected chi connectivity index (χ2v) is 7.75. The molecular formula is C21H26FN3O2. The van der Waals surface area contributed by atoms with Crippen LogP contribution < -0.4 is 4.74 Å². The number of carbonyl (C=O) groups excluding carboxylic acids is 1. The first kappa shape index (κ1) is 18.0. The lowest BCUT2D eigenvalue weighted by Crippen LogP contribution is -2.29. The lowest BCUT2D eigenvalue weighted by Gasteiger charge is -2.27. The fraction of sp³-hybridized carbons (Fsp3) is 0.524. The van der Waals surface area contributed by atoms with Gasteiger partial charge in [0, 0.05) is 43.0 Å². The fourth-order valence-electron chi connectivity index (χ4n) is 4.12. The van der Waals surface area contributed by atoms with Crippen LogP contribution in [0.1, 0.15) is 53.5 Å². The summed E-state index contributed by atoms with van der Waals surface area (Å²) in [4.78, 5) is 19.2. The van der Waals surface area contributed by atoms with Gasteiger partial charge in [0.05, 0.1) is 7.11 Å². The van der Waals surface area contributed by atoms with Gasteiger partial charge in [-0.3, -0.25) is 4.79 Å².